The Hall–Kier alpha value is -1.35. The fourth-order valence-corrected chi connectivity index (χ4v) is 2.45. The van der Waals surface area contributed by atoms with Gasteiger partial charge in [-0.3, -0.25) is 4.68 Å². The molecule has 78 valence electrons. The van der Waals surface area contributed by atoms with E-state index in [1.54, 1.807) is 0 Å². The molecule has 2 N–H and O–H groups in total. The quantitative estimate of drug-likeness (QED) is 0.802. The molecular weight excluding hydrogens is 186 g/mol. The highest BCUT2D eigenvalue weighted by molar-refractivity contribution is 5.82. The smallest absolute Gasteiger partial charge is 0.0926 e. The maximum absolute atomic E-state index is 5.69. The molecule has 1 saturated carbocycles. The standard InChI is InChI=1S/C12H15N3/c1-15-12(10-6-8(10)7-13)9-4-2-3-5-11(9)14-15/h2-5,8,10H,6-7,13H2,1H3/t8-,10+/m0/s1. The minimum Gasteiger partial charge on any atom is -0.330 e. The van der Waals surface area contributed by atoms with Crippen LogP contribution >= 0.6 is 0 Å². The molecule has 1 aliphatic carbocycles. The average Bonchev–Trinajstić information content (AvgIpc) is 2.93. The molecule has 0 radical (unpaired) electrons. The van der Waals surface area contributed by atoms with Gasteiger partial charge in [-0.25, -0.2) is 0 Å². The summed E-state index contributed by atoms with van der Waals surface area (Å²) in [5.74, 6) is 1.30. The number of hydrogen-bond donors (Lipinski definition) is 1. The maximum atomic E-state index is 5.69. The highest BCUT2D eigenvalue weighted by Crippen LogP contribution is 2.48. The largest absolute Gasteiger partial charge is 0.330 e. The van der Waals surface area contributed by atoms with Crippen molar-refractivity contribution in [2.24, 2.45) is 18.7 Å². The van der Waals surface area contributed by atoms with Crippen molar-refractivity contribution < 1.29 is 0 Å². The summed E-state index contributed by atoms with van der Waals surface area (Å²) in [7, 11) is 2.03. The summed E-state index contributed by atoms with van der Waals surface area (Å²) < 4.78 is 2.02. The first kappa shape index (κ1) is 8.92. The van der Waals surface area contributed by atoms with Crippen LogP contribution in [0.2, 0.25) is 0 Å². The first-order chi connectivity index (χ1) is 7.31. The fraction of sp³-hybridized carbons (Fsp3) is 0.417. The highest BCUT2D eigenvalue weighted by atomic mass is 15.3. The molecule has 0 amide bonds. The normalized spacial score (nSPS) is 24.7. The van der Waals surface area contributed by atoms with Gasteiger partial charge < -0.3 is 5.73 Å². The van der Waals surface area contributed by atoms with Crippen LogP contribution in [0.5, 0.6) is 0 Å². The number of nitrogens with zero attached hydrogens (tertiary/aromatic N) is 2. The van der Waals surface area contributed by atoms with E-state index in [1.807, 2.05) is 17.8 Å². The van der Waals surface area contributed by atoms with Crippen LogP contribution in [0.1, 0.15) is 18.0 Å². The van der Waals surface area contributed by atoms with Crippen molar-refractivity contribution >= 4 is 10.9 Å². The summed E-state index contributed by atoms with van der Waals surface area (Å²) in [5.41, 5.74) is 8.15. The molecule has 0 saturated heterocycles. The maximum Gasteiger partial charge on any atom is 0.0926 e. The van der Waals surface area contributed by atoms with E-state index in [0.717, 1.165) is 12.1 Å². The summed E-state index contributed by atoms with van der Waals surface area (Å²) in [5, 5.41) is 5.81. The Morgan fingerprint density at radius 2 is 2.27 bits per heavy atom. The minimum atomic E-state index is 0.632. The van der Waals surface area contributed by atoms with E-state index in [0.29, 0.717) is 11.8 Å². The summed E-state index contributed by atoms with van der Waals surface area (Å²) >= 11 is 0. The Morgan fingerprint density at radius 1 is 1.47 bits per heavy atom. The molecule has 3 nitrogen and oxygen atoms in total. The first-order valence-corrected chi connectivity index (χ1v) is 5.43. The molecule has 15 heavy (non-hydrogen) atoms. The van der Waals surface area contributed by atoms with Crippen LogP contribution in [0.4, 0.5) is 0 Å². The zero-order chi connectivity index (χ0) is 10.4. The van der Waals surface area contributed by atoms with E-state index >= 15 is 0 Å². The summed E-state index contributed by atoms with van der Waals surface area (Å²) in [4.78, 5) is 0. The molecule has 0 bridgehead atoms. The van der Waals surface area contributed by atoms with Crippen LogP contribution in [-0.4, -0.2) is 16.3 Å². The molecule has 0 aliphatic heterocycles. The third kappa shape index (κ3) is 1.27. The monoisotopic (exact) mass is 201 g/mol. The Kier molecular flexibility index (Phi) is 1.83. The molecule has 3 rings (SSSR count). The van der Waals surface area contributed by atoms with Gasteiger partial charge in [0.15, 0.2) is 0 Å². The molecule has 3 heteroatoms. The van der Waals surface area contributed by atoms with Crippen LogP contribution in [0, 0.1) is 5.92 Å². The lowest BCUT2D eigenvalue weighted by Crippen LogP contribution is -2.04. The van der Waals surface area contributed by atoms with Crippen LogP contribution in [-0.2, 0) is 7.05 Å². The van der Waals surface area contributed by atoms with Gasteiger partial charge >= 0.3 is 0 Å². The predicted molar refractivity (Wildman–Crippen MR) is 60.6 cm³/mol. The Balaban J connectivity index is 2.13. The van der Waals surface area contributed by atoms with Gasteiger partial charge in [-0.1, -0.05) is 18.2 Å². The van der Waals surface area contributed by atoms with Crippen molar-refractivity contribution in [3.8, 4) is 0 Å². The van der Waals surface area contributed by atoms with Gasteiger partial charge in [0.2, 0.25) is 0 Å². The van der Waals surface area contributed by atoms with E-state index in [4.69, 9.17) is 5.73 Å². The van der Waals surface area contributed by atoms with Crippen LogP contribution in [0.3, 0.4) is 0 Å². The van der Waals surface area contributed by atoms with Crippen LogP contribution < -0.4 is 5.73 Å². The molecule has 0 spiro atoms. The summed E-state index contributed by atoms with van der Waals surface area (Å²) in [6.07, 6.45) is 1.22. The second-order valence-electron chi connectivity index (χ2n) is 4.36. The number of fused-ring (bicyclic) bond motifs is 1. The van der Waals surface area contributed by atoms with Gasteiger partial charge in [0.05, 0.1) is 5.52 Å². The second kappa shape index (κ2) is 3.07. The molecule has 1 aliphatic rings. The lowest BCUT2D eigenvalue weighted by molar-refractivity contribution is 0.697. The molecular formula is C12H15N3. The lowest BCUT2D eigenvalue weighted by Gasteiger charge is -2.00. The fourth-order valence-electron chi connectivity index (χ4n) is 2.45. The van der Waals surface area contributed by atoms with Crippen molar-refractivity contribution in [2.45, 2.75) is 12.3 Å². The summed E-state index contributed by atoms with van der Waals surface area (Å²) in [6.45, 7) is 0.796. The molecule has 2 aromatic rings. The van der Waals surface area contributed by atoms with E-state index < -0.39 is 0 Å². The van der Waals surface area contributed by atoms with E-state index in [-0.39, 0.29) is 0 Å². The van der Waals surface area contributed by atoms with Gasteiger partial charge in [-0.15, -0.1) is 0 Å². The summed E-state index contributed by atoms with van der Waals surface area (Å²) in [6, 6.07) is 8.34. The third-order valence-electron chi connectivity index (χ3n) is 3.36. The van der Waals surface area contributed by atoms with Crippen molar-refractivity contribution in [3.05, 3.63) is 30.0 Å². The Labute approximate surface area is 88.9 Å². The number of hydrogen-bond acceptors (Lipinski definition) is 2. The number of aromatic nitrogens is 2. The van der Waals surface area contributed by atoms with E-state index in [1.165, 1.54) is 17.5 Å². The SMILES string of the molecule is Cn1nc2ccccc2c1[C@@H]1C[C@H]1CN. The minimum absolute atomic E-state index is 0.632. The highest BCUT2D eigenvalue weighted by Gasteiger charge is 2.40. The number of benzene rings is 1. The van der Waals surface area contributed by atoms with Gasteiger partial charge in [0.25, 0.3) is 0 Å². The van der Waals surface area contributed by atoms with Gasteiger partial charge in [0, 0.05) is 24.0 Å². The van der Waals surface area contributed by atoms with Crippen LogP contribution in [0.15, 0.2) is 24.3 Å². The number of nitrogens with two attached hydrogens (primary N) is 1. The van der Waals surface area contributed by atoms with Crippen molar-refractivity contribution in [2.75, 3.05) is 6.54 Å². The van der Waals surface area contributed by atoms with Crippen molar-refractivity contribution in [1.29, 1.82) is 0 Å². The van der Waals surface area contributed by atoms with E-state index in [2.05, 4.69) is 23.3 Å². The molecule has 2 atom stereocenters. The Bertz CT molecular complexity index is 501. The van der Waals surface area contributed by atoms with Gasteiger partial charge in [0.1, 0.15) is 0 Å². The molecule has 1 aromatic carbocycles. The number of rotatable bonds is 2. The van der Waals surface area contributed by atoms with E-state index in [9.17, 15) is 0 Å². The molecule has 1 heterocycles. The second-order valence-corrected chi connectivity index (χ2v) is 4.36. The van der Waals surface area contributed by atoms with Crippen molar-refractivity contribution in [3.63, 3.8) is 0 Å². The first-order valence-electron chi connectivity index (χ1n) is 5.43. The third-order valence-corrected chi connectivity index (χ3v) is 3.36. The van der Waals surface area contributed by atoms with Crippen molar-refractivity contribution in [1.82, 2.24) is 9.78 Å². The van der Waals surface area contributed by atoms with Gasteiger partial charge in [-0.05, 0) is 24.9 Å². The predicted octanol–water partition coefficient (Wildman–Crippen LogP) is 1.64. The number of aryl methyl sites for hydroxylation is 1. The molecule has 0 unspecified atom stereocenters. The van der Waals surface area contributed by atoms with Crippen LogP contribution in [0.25, 0.3) is 10.9 Å². The average molecular weight is 201 g/mol. The zero-order valence-corrected chi connectivity index (χ0v) is 8.85. The Morgan fingerprint density at radius 3 is 3.00 bits per heavy atom. The van der Waals surface area contributed by atoms with Gasteiger partial charge in [-0.2, -0.15) is 5.10 Å². The molecule has 1 fully saturated rings. The lowest BCUT2D eigenvalue weighted by atomic mass is 10.1. The topological polar surface area (TPSA) is 43.8 Å². The zero-order valence-electron chi connectivity index (χ0n) is 8.85. The molecule has 1 aromatic heterocycles.